The lowest BCUT2D eigenvalue weighted by atomic mass is 10.0. The number of nitrogens with one attached hydrogen (secondary N) is 4. The number of fused-ring (bicyclic) bond motifs is 2. The summed E-state index contributed by atoms with van der Waals surface area (Å²) in [5.41, 5.74) is 5.03. The summed E-state index contributed by atoms with van der Waals surface area (Å²) in [6, 6.07) is 28.1. The number of aromatic amines is 2. The van der Waals surface area contributed by atoms with E-state index in [-0.39, 0.29) is 23.9 Å². The van der Waals surface area contributed by atoms with Gasteiger partial charge in [-0.1, -0.05) is 72.8 Å². The molecule has 0 spiro atoms. The minimum absolute atomic E-state index is 0.225. The highest BCUT2D eigenvalue weighted by atomic mass is 16.6. The van der Waals surface area contributed by atoms with Gasteiger partial charge in [-0.25, -0.2) is 19.6 Å². The van der Waals surface area contributed by atoms with Crippen LogP contribution in [-0.4, -0.2) is 78.0 Å². The molecule has 2 fully saturated rings. The monoisotopic (exact) mass is 838 g/mol. The number of ether oxygens (including phenoxy) is 2. The average molecular weight is 839 g/mol. The van der Waals surface area contributed by atoms with Crippen molar-refractivity contribution in [3.63, 3.8) is 0 Å². The van der Waals surface area contributed by atoms with Gasteiger partial charge in [0, 0.05) is 13.1 Å². The van der Waals surface area contributed by atoms with Crippen LogP contribution in [0.4, 0.5) is 9.59 Å². The predicted octanol–water partition coefficient (Wildman–Crippen LogP) is 8.97. The summed E-state index contributed by atoms with van der Waals surface area (Å²) in [6.45, 7) is 11.8. The molecule has 4 heterocycles. The third kappa shape index (κ3) is 9.29. The summed E-state index contributed by atoms with van der Waals surface area (Å²) < 4.78 is 11.1. The molecule has 6 aromatic rings. The van der Waals surface area contributed by atoms with Crippen molar-refractivity contribution in [1.82, 2.24) is 40.4 Å². The molecule has 8 rings (SSSR count). The number of nitrogens with zero attached hydrogens (tertiary/aromatic N) is 4. The molecule has 322 valence electrons. The maximum atomic E-state index is 14.3. The maximum Gasteiger partial charge on any atom is 0.408 e. The molecule has 0 saturated carbocycles. The van der Waals surface area contributed by atoms with Gasteiger partial charge in [0.25, 0.3) is 11.8 Å². The van der Waals surface area contributed by atoms with E-state index in [1.807, 2.05) is 91.0 Å². The number of rotatable bonds is 9. The van der Waals surface area contributed by atoms with Gasteiger partial charge in [-0.15, -0.1) is 0 Å². The van der Waals surface area contributed by atoms with Crippen molar-refractivity contribution >= 4 is 46.1 Å². The van der Waals surface area contributed by atoms with E-state index in [1.165, 1.54) is 0 Å². The van der Waals surface area contributed by atoms with Crippen molar-refractivity contribution in [2.75, 3.05) is 13.1 Å². The van der Waals surface area contributed by atoms with E-state index >= 15 is 0 Å². The predicted molar refractivity (Wildman–Crippen MR) is 236 cm³/mol. The molecule has 4 amide bonds. The number of imidazole rings is 2. The number of hydrogen-bond acceptors (Lipinski definition) is 8. The van der Waals surface area contributed by atoms with Gasteiger partial charge >= 0.3 is 12.2 Å². The zero-order chi connectivity index (χ0) is 43.8. The van der Waals surface area contributed by atoms with Gasteiger partial charge in [0.2, 0.25) is 0 Å². The topological polar surface area (TPSA) is 175 Å². The molecule has 0 aliphatic carbocycles. The second-order valence-electron chi connectivity index (χ2n) is 18.1. The molecule has 2 aliphatic heterocycles. The average Bonchev–Trinajstić information content (AvgIpc) is 4.06. The van der Waals surface area contributed by atoms with E-state index < -0.39 is 35.5 Å². The quantitative estimate of drug-likeness (QED) is 0.112. The van der Waals surface area contributed by atoms with E-state index in [4.69, 9.17) is 19.4 Å². The zero-order valence-corrected chi connectivity index (χ0v) is 36.0. The number of likely N-dealkylation sites (tertiary alicyclic amines) is 2. The first-order valence-corrected chi connectivity index (χ1v) is 21.3. The molecule has 4 N–H and O–H groups in total. The normalized spacial score (nSPS) is 17.8. The number of amides is 4. The van der Waals surface area contributed by atoms with E-state index in [2.05, 4.69) is 26.7 Å². The number of aromatic nitrogens is 4. The van der Waals surface area contributed by atoms with E-state index in [1.54, 1.807) is 51.3 Å². The summed E-state index contributed by atoms with van der Waals surface area (Å²) in [5.74, 6) is 0.922. The molecule has 0 radical (unpaired) electrons. The molecule has 2 aliphatic rings. The van der Waals surface area contributed by atoms with Crippen molar-refractivity contribution in [3.05, 3.63) is 120 Å². The highest BCUT2D eigenvalue weighted by molar-refractivity contribution is 5.90. The van der Waals surface area contributed by atoms with E-state index in [9.17, 15) is 19.2 Å². The maximum absolute atomic E-state index is 14.3. The largest absolute Gasteiger partial charge is 0.444 e. The summed E-state index contributed by atoms with van der Waals surface area (Å²) in [6.07, 6.45) is 1.72. The Bertz CT molecular complexity index is 2410. The van der Waals surface area contributed by atoms with Crippen LogP contribution < -0.4 is 10.6 Å². The minimum Gasteiger partial charge on any atom is -0.444 e. The number of carbonyl (C=O) groups excluding carboxylic acids is 4. The third-order valence-corrected chi connectivity index (χ3v) is 11.1. The molecule has 2 saturated heterocycles. The van der Waals surface area contributed by atoms with Crippen LogP contribution in [0.2, 0.25) is 0 Å². The second-order valence-corrected chi connectivity index (χ2v) is 18.1. The van der Waals surface area contributed by atoms with Crippen molar-refractivity contribution in [2.45, 2.75) is 103 Å². The first-order chi connectivity index (χ1) is 29.6. The first kappa shape index (κ1) is 42.0. The van der Waals surface area contributed by atoms with Crippen LogP contribution in [-0.2, 0) is 19.1 Å². The Morgan fingerprint density at radius 3 is 1.55 bits per heavy atom. The first-order valence-electron chi connectivity index (χ1n) is 21.3. The third-order valence-electron chi connectivity index (χ3n) is 11.1. The van der Waals surface area contributed by atoms with Crippen LogP contribution in [0.5, 0.6) is 0 Å². The molecule has 4 atom stereocenters. The van der Waals surface area contributed by atoms with Crippen LogP contribution in [0.25, 0.3) is 33.2 Å². The lowest BCUT2D eigenvalue weighted by Crippen LogP contribution is -2.44. The zero-order valence-electron chi connectivity index (χ0n) is 36.0. The van der Waals surface area contributed by atoms with Gasteiger partial charge in [0.1, 0.15) is 34.9 Å². The van der Waals surface area contributed by atoms with Crippen molar-refractivity contribution < 1.29 is 28.7 Å². The smallest absolute Gasteiger partial charge is 0.408 e. The van der Waals surface area contributed by atoms with Crippen molar-refractivity contribution in [2.24, 2.45) is 0 Å². The number of alkyl carbamates (subject to hydrolysis) is 2. The highest BCUT2D eigenvalue weighted by Gasteiger charge is 2.39. The molecule has 14 heteroatoms. The van der Waals surface area contributed by atoms with E-state index in [0.29, 0.717) is 35.9 Å². The molecule has 0 unspecified atom stereocenters. The Balaban J connectivity index is 1.01. The standard InChI is InChI=1S/C48H54N8O6/c1-47(2,3)61-45(59)53-39(29-15-9-7-10-16-29)43(57)55-25-13-19-37(55)41-49-33-23-21-31(27-35(33)51-41)32-22-24-34-36(28-32)52-42(50-34)38-20-14-26-56(38)44(58)40(30-17-11-8-12-18-30)54-46(60)62-48(4,5)6/h7-12,15-18,21-24,27-28,37-40H,13-14,19-20,25-26H2,1-6H3,(H,49,51)(H,50,52)(H,53,59)(H,54,60)/t37-,38-,39+,40+/m0/s1. The van der Waals surface area contributed by atoms with Gasteiger partial charge in [-0.05, 0) is 114 Å². The molecule has 14 nitrogen and oxygen atoms in total. The molecule has 2 aromatic heterocycles. The summed E-state index contributed by atoms with van der Waals surface area (Å²) in [4.78, 5) is 74.9. The Morgan fingerprint density at radius 2 is 1.05 bits per heavy atom. The van der Waals surface area contributed by atoms with Crippen LogP contribution in [0.3, 0.4) is 0 Å². The number of hydrogen-bond donors (Lipinski definition) is 4. The van der Waals surface area contributed by atoms with Crippen molar-refractivity contribution in [1.29, 1.82) is 0 Å². The lowest BCUT2D eigenvalue weighted by Gasteiger charge is -2.29. The summed E-state index contributed by atoms with van der Waals surface area (Å²) in [5, 5.41) is 5.65. The second kappa shape index (κ2) is 17.0. The SMILES string of the molecule is CC(C)(C)OC(=O)N[C@@H](C(=O)N1CCC[C@H]1c1nc2cc(-c3ccc4nc([C@@H]5CCCN5C(=O)[C@H](NC(=O)OC(C)(C)C)c5ccccc5)[nH]c4c3)ccc2[nH]1)c1ccccc1. The minimum atomic E-state index is -0.926. The Kier molecular flexibility index (Phi) is 11.5. The van der Waals surface area contributed by atoms with Gasteiger partial charge in [-0.2, -0.15) is 0 Å². The van der Waals surface area contributed by atoms with Crippen LogP contribution in [0.1, 0.15) is 114 Å². The van der Waals surface area contributed by atoms with E-state index in [0.717, 1.165) is 58.9 Å². The number of benzene rings is 4. The number of H-pyrrole nitrogens is 2. The fourth-order valence-electron chi connectivity index (χ4n) is 8.41. The fraction of sp³-hybridized carbons (Fsp3) is 0.375. The van der Waals surface area contributed by atoms with Crippen molar-refractivity contribution in [3.8, 4) is 11.1 Å². The molecular formula is C48H54N8O6. The van der Waals surface area contributed by atoms with Crippen LogP contribution in [0, 0.1) is 0 Å². The van der Waals surface area contributed by atoms with Crippen LogP contribution >= 0.6 is 0 Å². The highest BCUT2D eigenvalue weighted by Crippen LogP contribution is 2.37. The van der Waals surface area contributed by atoms with Gasteiger partial charge in [-0.3, -0.25) is 9.59 Å². The fourth-order valence-corrected chi connectivity index (χ4v) is 8.41. The molecule has 62 heavy (non-hydrogen) atoms. The van der Waals surface area contributed by atoms with Gasteiger partial charge < -0.3 is 39.9 Å². The van der Waals surface area contributed by atoms with Gasteiger partial charge in [0.15, 0.2) is 0 Å². The lowest BCUT2D eigenvalue weighted by molar-refractivity contribution is -0.135. The number of carbonyl (C=O) groups is 4. The summed E-state index contributed by atoms with van der Waals surface area (Å²) >= 11 is 0. The molecule has 4 aromatic carbocycles. The summed E-state index contributed by atoms with van der Waals surface area (Å²) in [7, 11) is 0. The Labute approximate surface area is 360 Å². The Hall–Kier alpha value is -6.70. The molecular weight excluding hydrogens is 785 g/mol. The van der Waals surface area contributed by atoms with Gasteiger partial charge in [0.05, 0.1) is 34.2 Å². The van der Waals surface area contributed by atoms with Crippen LogP contribution in [0.15, 0.2) is 97.1 Å². The Morgan fingerprint density at radius 1 is 0.597 bits per heavy atom. The molecule has 0 bridgehead atoms.